The predicted octanol–water partition coefficient (Wildman–Crippen LogP) is 1.20. The first-order valence-electron chi connectivity index (χ1n) is 6.54. The van der Waals surface area contributed by atoms with Crippen molar-refractivity contribution in [2.75, 3.05) is 13.1 Å². The van der Waals surface area contributed by atoms with Crippen molar-refractivity contribution in [3.8, 4) is 0 Å². The van der Waals surface area contributed by atoms with E-state index >= 15 is 0 Å². The molecule has 0 radical (unpaired) electrons. The molecule has 0 unspecified atom stereocenters. The molecule has 2 aliphatic rings. The molecule has 0 spiro atoms. The standard InChI is InChI=1S/C14H18N2O2/c17-14(16-13-3-5-15-6-4-13)10-1-2-11-8-18-9-12(11)7-10/h1-2,7,13,15H,3-6,8-9H2,(H,16,17). The fourth-order valence-electron chi connectivity index (χ4n) is 2.55. The van der Waals surface area contributed by atoms with Gasteiger partial charge >= 0.3 is 0 Å². The summed E-state index contributed by atoms with van der Waals surface area (Å²) in [5.74, 6) is 0.0385. The van der Waals surface area contributed by atoms with Crippen molar-refractivity contribution >= 4 is 5.91 Å². The minimum absolute atomic E-state index is 0.0385. The quantitative estimate of drug-likeness (QED) is 0.824. The Morgan fingerprint density at radius 3 is 2.83 bits per heavy atom. The van der Waals surface area contributed by atoms with Crippen molar-refractivity contribution in [3.05, 3.63) is 34.9 Å². The number of benzene rings is 1. The van der Waals surface area contributed by atoms with Gasteiger partial charge in [-0.05, 0) is 49.2 Å². The first kappa shape index (κ1) is 11.7. The molecule has 1 amide bonds. The largest absolute Gasteiger partial charge is 0.372 e. The maximum absolute atomic E-state index is 12.1. The molecule has 0 saturated carbocycles. The lowest BCUT2D eigenvalue weighted by Gasteiger charge is -2.23. The van der Waals surface area contributed by atoms with E-state index < -0.39 is 0 Å². The van der Waals surface area contributed by atoms with E-state index in [1.165, 1.54) is 5.56 Å². The smallest absolute Gasteiger partial charge is 0.251 e. The summed E-state index contributed by atoms with van der Waals surface area (Å²) in [6, 6.07) is 6.16. The highest BCUT2D eigenvalue weighted by atomic mass is 16.5. The molecule has 1 aromatic carbocycles. The van der Waals surface area contributed by atoms with E-state index in [0.717, 1.165) is 37.1 Å². The van der Waals surface area contributed by atoms with E-state index in [4.69, 9.17) is 4.74 Å². The van der Waals surface area contributed by atoms with Crippen LogP contribution in [0.1, 0.15) is 34.3 Å². The minimum atomic E-state index is 0.0385. The van der Waals surface area contributed by atoms with Crippen molar-refractivity contribution in [2.45, 2.75) is 32.1 Å². The Morgan fingerprint density at radius 2 is 2.00 bits per heavy atom. The molecule has 3 rings (SSSR count). The molecule has 2 heterocycles. The molecule has 2 N–H and O–H groups in total. The van der Waals surface area contributed by atoms with Crippen LogP contribution in [0.5, 0.6) is 0 Å². The number of ether oxygens (including phenoxy) is 1. The van der Waals surface area contributed by atoms with Crippen molar-refractivity contribution < 1.29 is 9.53 Å². The van der Waals surface area contributed by atoms with Crippen LogP contribution in [0.2, 0.25) is 0 Å². The molecule has 0 aromatic heterocycles. The second-order valence-electron chi connectivity index (χ2n) is 4.97. The molecule has 0 bridgehead atoms. The summed E-state index contributed by atoms with van der Waals surface area (Å²) in [7, 11) is 0. The van der Waals surface area contributed by atoms with Crippen LogP contribution >= 0.6 is 0 Å². The first-order valence-corrected chi connectivity index (χ1v) is 6.54. The molecule has 1 fully saturated rings. The number of carbonyl (C=O) groups is 1. The molecule has 2 aliphatic heterocycles. The summed E-state index contributed by atoms with van der Waals surface area (Å²) in [6.07, 6.45) is 2.03. The zero-order chi connectivity index (χ0) is 12.4. The lowest BCUT2D eigenvalue weighted by molar-refractivity contribution is 0.0929. The predicted molar refractivity (Wildman–Crippen MR) is 68.3 cm³/mol. The second-order valence-corrected chi connectivity index (χ2v) is 4.97. The fourth-order valence-corrected chi connectivity index (χ4v) is 2.55. The highest BCUT2D eigenvalue weighted by Gasteiger charge is 2.18. The molecule has 18 heavy (non-hydrogen) atoms. The van der Waals surface area contributed by atoms with Gasteiger partial charge in [-0.15, -0.1) is 0 Å². The number of carbonyl (C=O) groups excluding carboxylic acids is 1. The molecule has 1 aromatic rings. The van der Waals surface area contributed by atoms with Crippen LogP contribution in [-0.4, -0.2) is 25.0 Å². The number of nitrogens with one attached hydrogen (secondary N) is 2. The summed E-state index contributed by atoms with van der Waals surface area (Å²) in [4.78, 5) is 12.1. The van der Waals surface area contributed by atoms with E-state index in [9.17, 15) is 4.79 Å². The number of amides is 1. The van der Waals surface area contributed by atoms with Crippen molar-refractivity contribution in [1.29, 1.82) is 0 Å². The average Bonchev–Trinajstić information content (AvgIpc) is 2.87. The topological polar surface area (TPSA) is 50.4 Å². The molecule has 4 heteroatoms. The zero-order valence-corrected chi connectivity index (χ0v) is 10.4. The summed E-state index contributed by atoms with van der Waals surface area (Å²) < 4.78 is 5.36. The van der Waals surface area contributed by atoms with Crippen LogP contribution in [0.3, 0.4) is 0 Å². The van der Waals surface area contributed by atoms with Gasteiger partial charge in [0.1, 0.15) is 0 Å². The minimum Gasteiger partial charge on any atom is -0.372 e. The van der Waals surface area contributed by atoms with Gasteiger partial charge in [-0.2, -0.15) is 0 Å². The third kappa shape index (κ3) is 2.40. The molecule has 1 saturated heterocycles. The van der Waals surface area contributed by atoms with Gasteiger partial charge in [-0.25, -0.2) is 0 Å². The van der Waals surface area contributed by atoms with Crippen LogP contribution in [-0.2, 0) is 18.0 Å². The Bertz CT molecular complexity index is 453. The molecular formula is C14H18N2O2. The Balaban J connectivity index is 1.68. The molecular weight excluding hydrogens is 228 g/mol. The Hall–Kier alpha value is -1.39. The summed E-state index contributed by atoms with van der Waals surface area (Å²) >= 11 is 0. The highest BCUT2D eigenvalue weighted by molar-refractivity contribution is 5.94. The van der Waals surface area contributed by atoms with Crippen LogP contribution in [0.25, 0.3) is 0 Å². The van der Waals surface area contributed by atoms with Gasteiger partial charge in [0.2, 0.25) is 0 Å². The third-order valence-electron chi connectivity index (χ3n) is 3.66. The number of hydrogen-bond acceptors (Lipinski definition) is 3. The average molecular weight is 246 g/mol. The van der Waals surface area contributed by atoms with Crippen LogP contribution in [0.4, 0.5) is 0 Å². The number of hydrogen-bond donors (Lipinski definition) is 2. The molecule has 0 atom stereocenters. The number of rotatable bonds is 2. The monoisotopic (exact) mass is 246 g/mol. The Kier molecular flexibility index (Phi) is 3.30. The van der Waals surface area contributed by atoms with E-state index in [-0.39, 0.29) is 5.91 Å². The van der Waals surface area contributed by atoms with Gasteiger partial charge in [-0.3, -0.25) is 4.79 Å². The summed E-state index contributed by atoms with van der Waals surface area (Å²) in [6.45, 7) is 3.28. The van der Waals surface area contributed by atoms with E-state index in [0.29, 0.717) is 19.3 Å². The van der Waals surface area contributed by atoms with Gasteiger partial charge in [0, 0.05) is 11.6 Å². The molecule has 96 valence electrons. The van der Waals surface area contributed by atoms with E-state index in [1.807, 2.05) is 18.2 Å². The second kappa shape index (κ2) is 5.08. The van der Waals surface area contributed by atoms with Gasteiger partial charge in [-0.1, -0.05) is 6.07 Å². The van der Waals surface area contributed by atoms with Crippen LogP contribution < -0.4 is 10.6 Å². The van der Waals surface area contributed by atoms with Crippen molar-refractivity contribution in [2.24, 2.45) is 0 Å². The summed E-state index contributed by atoms with van der Waals surface area (Å²) in [5, 5.41) is 6.40. The van der Waals surface area contributed by atoms with Gasteiger partial charge in [0.15, 0.2) is 0 Å². The van der Waals surface area contributed by atoms with Gasteiger partial charge in [0.05, 0.1) is 13.2 Å². The normalized spacial score (nSPS) is 19.6. The van der Waals surface area contributed by atoms with Crippen molar-refractivity contribution in [1.82, 2.24) is 10.6 Å². The van der Waals surface area contributed by atoms with Crippen LogP contribution in [0, 0.1) is 0 Å². The van der Waals surface area contributed by atoms with Crippen LogP contribution in [0.15, 0.2) is 18.2 Å². The number of fused-ring (bicyclic) bond motifs is 1. The molecule has 0 aliphatic carbocycles. The first-order chi connectivity index (χ1) is 8.83. The fraction of sp³-hybridized carbons (Fsp3) is 0.500. The summed E-state index contributed by atoms with van der Waals surface area (Å²) in [5.41, 5.74) is 3.10. The Labute approximate surface area is 107 Å². The van der Waals surface area contributed by atoms with Crippen molar-refractivity contribution in [3.63, 3.8) is 0 Å². The molecule has 4 nitrogen and oxygen atoms in total. The number of piperidine rings is 1. The lowest BCUT2D eigenvalue weighted by atomic mass is 10.0. The van der Waals surface area contributed by atoms with E-state index in [2.05, 4.69) is 10.6 Å². The van der Waals surface area contributed by atoms with E-state index in [1.54, 1.807) is 0 Å². The maximum atomic E-state index is 12.1. The van der Waals surface area contributed by atoms with Gasteiger partial charge in [0.25, 0.3) is 5.91 Å². The SMILES string of the molecule is O=C(NC1CCNCC1)c1ccc2c(c1)COC2. The maximum Gasteiger partial charge on any atom is 0.251 e. The highest BCUT2D eigenvalue weighted by Crippen LogP contribution is 2.21. The lowest BCUT2D eigenvalue weighted by Crippen LogP contribution is -2.42. The van der Waals surface area contributed by atoms with Gasteiger partial charge < -0.3 is 15.4 Å². The third-order valence-corrected chi connectivity index (χ3v) is 3.66. The Morgan fingerprint density at radius 1 is 1.22 bits per heavy atom. The zero-order valence-electron chi connectivity index (χ0n) is 10.4.